The first-order chi connectivity index (χ1) is 8.51. The standard InChI is InChI=1S/C14H18BrNO2/c1-9(16)14(8-13(17)18-2)7-6-10-11(14)4-3-5-12(10)15/h3-5,9H,6-8,16H2,1-2H3. The molecular formula is C14H18BrNO2. The molecule has 0 amide bonds. The lowest BCUT2D eigenvalue weighted by atomic mass is 9.73. The minimum atomic E-state index is -0.286. The lowest BCUT2D eigenvalue weighted by Crippen LogP contribution is -2.43. The summed E-state index contributed by atoms with van der Waals surface area (Å²) in [5.41, 5.74) is 8.36. The molecular weight excluding hydrogens is 294 g/mol. The molecule has 3 nitrogen and oxygen atoms in total. The van der Waals surface area contributed by atoms with Crippen LogP contribution in [-0.4, -0.2) is 19.1 Å². The summed E-state index contributed by atoms with van der Waals surface area (Å²) < 4.78 is 5.93. The fourth-order valence-corrected chi connectivity index (χ4v) is 3.47. The lowest BCUT2D eigenvalue weighted by Gasteiger charge is -2.33. The highest BCUT2D eigenvalue weighted by Gasteiger charge is 2.44. The molecule has 0 saturated heterocycles. The van der Waals surface area contributed by atoms with Gasteiger partial charge in [0.1, 0.15) is 0 Å². The minimum absolute atomic E-state index is 0.0767. The number of rotatable bonds is 3. The lowest BCUT2D eigenvalue weighted by molar-refractivity contribution is -0.142. The van der Waals surface area contributed by atoms with E-state index in [4.69, 9.17) is 10.5 Å². The van der Waals surface area contributed by atoms with E-state index in [0.717, 1.165) is 17.3 Å². The second kappa shape index (κ2) is 5.02. The average molecular weight is 312 g/mol. The van der Waals surface area contributed by atoms with E-state index >= 15 is 0 Å². The van der Waals surface area contributed by atoms with Gasteiger partial charge in [0.15, 0.2) is 0 Å². The highest BCUT2D eigenvalue weighted by molar-refractivity contribution is 9.10. The van der Waals surface area contributed by atoms with Crippen molar-refractivity contribution in [1.82, 2.24) is 0 Å². The molecule has 1 aromatic carbocycles. The van der Waals surface area contributed by atoms with E-state index in [1.165, 1.54) is 18.2 Å². The normalized spacial score (nSPS) is 23.6. The van der Waals surface area contributed by atoms with Gasteiger partial charge >= 0.3 is 5.97 Å². The fourth-order valence-electron chi connectivity index (χ4n) is 2.91. The van der Waals surface area contributed by atoms with E-state index in [-0.39, 0.29) is 17.4 Å². The smallest absolute Gasteiger partial charge is 0.306 e. The molecule has 2 rings (SSSR count). The summed E-state index contributed by atoms with van der Waals surface area (Å²) in [7, 11) is 1.42. The molecule has 0 aliphatic heterocycles. The fraction of sp³-hybridized carbons (Fsp3) is 0.500. The Kier molecular flexibility index (Phi) is 3.78. The molecule has 0 heterocycles. The van der Waals surface area contributed by atoms with Gasteiger partial charge in [0.25, 0.3) is 0 Å². The van der Waals surface area contributed by atoms with Crippen LogP contribution in [0.15, 0.2) is 22.7 Å². The van der Waals surface area contributed by atoms with Crippen molar-refractivity contribution >= 4 is 21.9 Å². The molecule has 1 aliphatic carbocycles. The number of ether oxygens (including phenoxy) is 1. The summed E-state index contributed by atoms with van der Waals surface area (Å²) in [5.74, 6) is -0.194. The van der Waals surface area contributed by atoms with Crippen molar-refractivity contribution in [2.75, 3.05) is 7.11 Å². The van der Waals surface area contributed by atoms with Gasteiger partial charge in [-0.1, -0.05) is 28.1 Å². The number of esters is 1. The van der Waals surface area contributed by atoms with E-state index in [9.17, 15) is 4.79 Å². The van der Waals surface area contributed by atoms with Gasteiger partial charge in [0, 0.05) is 15.9 Å². The van der Waals surface area contributed by atoms with Crippen LogP contribution in [0.5, 0.6) is 0 Å². The molecule has 98 valence electrons. The number of methoxy groups -OCH3 is 1. The highest BCUT2D eigenvalue weighted by atomic mass is 79.9. The molecule has 2 atom stereocenters. The van der Waals surface area contributed by atoms with E-state index in [2.05, 4.69) is 22.0 Å². The molecule has 18 heavy (non-hydrogen) atoms. The first kappa shape index (κ1) is 13.6. The Morgan fingerprint density at radius 1 is 1.61 bits per heavy atom. The molecule has 0 bridgehead atoms. The Balaban J connectivity index is 2.47. The molecule has 0 radical (unpaired) electrons. The second-order valence-corrected chi connectivity index (χ2v) is 5.82. The molecule has 0 aromatic heterocycles. The van der Waals surface area contributed by atoms with Crippen LogP contribution in [0.25, 0.3) is 0 Å². The van der Waals surface area contributed by atoms with Crippen molar-refractivity contribution in [1.29, 1.82) is 0 Å². The molecule has 1 aromatic rings. The van der Waals surface area contributed by atoms with Crippen LogP contribution in [0.4, 0.5) is 0 Å². The van der Waals surface area contributed by atoms with Crippen molar-refractivity contribution in [2.24, 2.45) is 5.73 Å². The zero-order chi connectivity index (χ0) is 13.3. The van der Waals surface area contributed by atoms with Crippen molar-refractivity contribution in [3.05, 3.63) is 33.8 Å². The quantitative estimate of drug-likeness (QED) is 0.873. The molecule has 1 aliphatic rings. The van der Waals surface area contributed by atoms with Crippen LogP contribution in [0.1, 0.15) is 30.9 Å². The summed E-state index contributed by atoms with van der Waals surface area (Å²) in [6, 6.07) is 6.04. The molecule has 0 spiro atoms. The van der Waals surface area contributed by atoms with Crippen LogP contribution in [-0.2, 0) is 21.4 Å². The molecule has 0 saturated carbocycles. The van der Waals surface area contributed by atoms with Gasteiger partial charge in [0.2, 0.25) is 0 Å². The minimum Gasteiger partial charge on any atom is -0.469 e. The Bertz CT molecular complexity index is 473. The molecule has 2 N–H and O–H groups in total. The number of carbonyl (C=O) groups is 1. The predicted molar refractivity (Wildman–Crippen MR) is 74.4 cm³/mol. The van der Waals surface area contributed by atoms with E-state index in [1.54, 1.807) is 0 Å². The zero-order valence-corrected chi connectivity index (χ0v) is 12.3. The van der Waals surface area contributed by atoms with Gasteiger partial charge < -0.3 is 10.5 Å². The zero-order valence-electron chi connectivity index (χ0n) is 10.7. The average Bonchev–Trinajstić information content (AvgIpc) is 2.71. The first-order valence-electron chi connectivity index (χ1n) is 6.11. The van der Waals surface area contributed by atoms with Crippen LogP contribution in [0.2, 0.25) is 0 Å². The maximum atomic E-state index is 11.7. The summed E-state index contributed by atoms with van der Waals surface area (Å²) in [5, 5.41) is 0. The third kappa shape index (κ3) is 2.08. The van der Waals surface area contributed by atoms with Crippen molar-refractivity contribution < 1.29 is 9.53 Å². The Morgan fingerprint density at radius 3 is 2.94 bits per heavy atom. The topological polar surface area (TPSA) is 52.3 Å². The number of hydrogen-bond donors (Lipinski definition) is 1. The second-order valence-electron chi connectivity index (χ2n) is 4.96. The van der Waals surface area contributed by atoms with Crippen molar-refractivity contribution in [3.63, 3.8) is 0 Å². The number of hydrogen-bond acceptors (Lipinski definition) is 3. The molecule has 2 unspecified atom stereocenters. The van der Waals surface area contributed by atoms with Crippen molar-refractivity contribution in [3.8, 4) is 0 Å². The molecule has 4 heteroatoms. The van der Waals surface area contributed by atoms with E-state index in [1.807, 2.05) is 19.1 Å². The van der Waals surface area contributed by atoms with Gasteiger partial charge in [-0.3, -0.25) is 4.79 Å². The Morgan fingerprint density at radius 2 is 2.33 bits per heavy atom. The van der Waals surface area contributed by atoms with Gasteiger partial charge in [-0.15, -0.1) is 0 Å². The number of halogens is 1. The predicted octanol–water partition coefficient (Wildman–Crippen LogP) is 2.54. The summed E-state index contributed by atoms with van der Waals surface area (Å²) in [4.78, 5) is 11.7. The number of nitrogens with two attached hydrogens (primary N) is 1. The van der Waals surface area contributed by atoms with Gasteiger partial charge in [-0.05, 0) is 37.0 Å². The van der Waals surface area contributed by atoms with Crippen LogP contribution in [0.3, 0.4) is 0 Å². The monoisotopic (exact) mass is 311 g/mol. The highest BCUT2D eigenvalue weighted by Crippen LogP contribution is 2.45. The molecule has 0 fully saturated rings. The van der Waals surface area contributed by atoms with Gasteiger partial charge in [-0.25, -0.2) is 0 Å². The third-order valence-corrected chi connectivity index (χ3v) is 4.78. The van der Waals surface area contributed by atoms with E-state index < -0.39 is 0 Å². The number of carbonyl (C=O) groups excluding carboxylic acids is 1. The van der Waals surface area contributed by atoms with Gasteiger partial charge in [0.05, 0.1) is 13.5 Å². The van der Waals surface area contributed by atoms with Crippen LogP contribution < -0.4 is 5.73 Å². The summed E-state index contributed by atoms with van der Waals surface area (Å²) in [6.45, 7) is 1.97. The van der Waals surface area contributed by atoms with Crippen LogP contribution in [0, 0.1) is 0 Å². The number of benzene rings is 1. The van der Waals surface area contributed by atoms with E-state index in [0.29, 0.717) is 6.42 Å². The first-order valence-corrected chi connectivity index (χ1v) is 6.91. The maximum Gasteiger partial charge on any atom is 0.306 e. The largest absolute Gasteiger partial charge is 0.469 e. The summed E-state index contributed by atoms with van der Waals surface area (Å²) >= 11 is 3.57. The van der Waals surface area contributed by atoms with Gasteiger partial charge in [-0.2, -0.15) is 0 Å². The SMILES string of the molecule is COC(=O)CC1(C(C)N)CCc2c(Br)cccc21. The maximum absolute atomic E-state index is 11.7. The number of fused-ring (bicyclic) bond motifs is 1. The summed E-state index contributed by atoms with van der Waals surface area (Å²) in [6.07, 6.45) is 2.21. The van der Waals surface area contributed by atoms with Crippen molar-refractivity contribution in [2.45, 2.75) is 37.6 Å². The van der Waals surface area contributed by atoms with Crippen LogP contribution >= 0.6 is 15.9 Å². The Labute approximate surface area is 116 Å². The Hall–Kier alpha value is -0.870. The third-order valence-electron chi connectivity index (χ3n) is 4.04.